The van der Waals surface area contributed by atoms with Crippen LogP contribution < -0.4 is 15.4 Å². The minimum Gasteiger partial charge on any atom is -0.489 e. The molecule has 2 amide bonds. The maximum Gasteiger partial charge on any atom is 0.251 e. The standard InChI is InChI=1S/C24H22N2O3S/c27-23-12-13-30-22-11-10-17(14-21(22)26-23)24(28)25-15-18-6-4-5-7-19(18)16-29-20-8-2-1-3-9-20/h1-11,14H,12-13,15-16H2,(H,25,28)(H,26,27). The van der Waals surface area contributed by atoms with Crippen molar-refractivity contribution in [3.63, 3.8) is 0 Å². The van der Waals surface area contributed by atoms with E-state index in [2.05, 4.69) is 10.6 Å². The number of carbonyl (C=O) groups is 2. The van der Waals surface area contributed by atoms with Gasteiger partial charge in [-0.2, -0.15) is 0 Å². The fraction of sp³-hybridized carbons (Fsp3) is 0.167. The molecule has 5 nitrogen and oxygen atoms in total. The van der Waals surface area contributed by atoms with Crippen molar-refractivity contribution in [2.75, 3.05) is 11.1 Å². The summed E-state index contributed by atoms with van der Waals surface area (Å²) in [6.07, 6.45) is 0.475. The number of carbonyl (C=O) groups excluding carboxylic acids is 2. The topological polar surface area (TPSA) is 67.4 Å². The van der Waals surface area contributed by atoms with E-state index in [4.69, 9.17) is 4.74 Å². The van der Waals surface area contributed by atoms with Gasteiger partial charge in [0.2, 0.25) is 5.91 Å². The fourth-order valence-corrected chi connectivity index (χ4v) is 4.12. The SMILES string of the molecule is O=C1CCSc2ccc(C(=O)NCc3ccccc3COc3ccccc3)cc2N1. The molecule has 0 atom stereocenters. The Hall–Kier alpha value is -3.25. The molecule has 4 rings (SSSR count). The van der Waals surface area contributed by atoms with Crippen molar-refractivity contribution >= 4 is 29.3 Å². The highest BCUT2D eigenvalue weighted by Crippen LogP contribution is 2.31. The van der Waals surface area contributed by atoms with Crippen molar-refractivity contribution in [2.24, 2.45) is 0 Å². The number of nitrogens with one attached hydrogen (secondary N) is 2. The van der Waals surface area contributed by atoms with E-state index in [1.807, 2.05) is 60.7 Å². The Balaban J connectivity index is 1.41. The first kappa shape index (κ1) is 20.0. The maximum absolute atomic E-state index is 12.7. The number of rotatable bonds is 6. The summed E-state index contributed by atoms with van der Waals surface area (Å²) in [5.74, 6) is 1.35. The van der Waals surface area contributed by atoms with Gasteiger partial charge < -0.3 is 15.4 Å². The Labute approximate surface area is 179 Å². The average molecular weight is 419 g/mol. The second-order valence-electron chi connectivity index (χ2n) is 6.91. The molecule has 0 bridgehead atoms. The van der Waals surface area contributed by atoms with Gasteiger partial charge in [-0.05, 0) is 41.5 Å². The van der Waals surface area contributed by atoms with Crippen LogP contribution in [0.5, 0.6) is 5.75 Å². The number of fused-ring (bicyclic) bond motifs is 1. The van der Waals surface area contributed by atoms with Crippen molar-refractivity contribution in [3.05, 3.63) is 89.5 Å². The number of ether oxygens (including phenoxy) is 1. The van der Waals surface area contributed by atoms with Crippen LogP contribution in [0.25, 0.3) is 0 Å². The summed E-state index contributed by atoms with van der Waals surface area (Å²) >= 11 is 1.62. The lowest BCUT2D eigenvalue weighted by molar-refractivity contribution is -0.115. The molecule has 152 valence electrons. The van der Waals surface area contributed by atoms with Gasteiger partial charge in [0.25, 0.3) is 5.91 Å². The van der Waals surface area contributed by atoms with Crippen LogP contribution in [0.15, 0.2) is 77.7 Å². The van der Waals surface area contributed by atoms with E-state index in [-0.39, 0.29) is 11.8 Å². The molecule has 0 spiro atoms. The zero-order valence-corrected chi connectivity index (χ0v) is 17.2. The van der Waals surface area contributed by atoms with Crippen molar-refractivity contribution in [2.45, 2.75) is 24.5 Å². The van der Waals surface area contributed by atoms with Gasteiger partial charge in [-0.1, -0.05) is 42.5 Å². The Morgan fingerprint density at radius 3 is 2.60 bits per heavy atom. The van der Waals surface area contributed by atoms with E-state index in [1.54, 1.807) is 23.9 Å². The molecule has 0 saturated heterocycles. The number of amides is 2. The van der Waals surface area contributed by atoms with Crippen LogP contribution in [0.4, 0.5) is 5.69 Å². The summed E-state index contributed by atoms with van der Waals surface area (Å²) < 4.78 is 5.85. The largest absolute Gasteiger partial charge is 0.489 e. The highest BCUT2D eigenvalue weighted by atomic mass is 32.2. The predicted octanol–water partition coefficient (Wildman–Crippen LogP) is 4.63. The summed E-state index contributed by atoms with van der Waals surface area (Å²) in [5, 5.41) is 5.85. The molecule has 3 aromatic rings. The van der Waals surface area contributed by atoms with Gasteiger partial charge in [0, 0.05) is 29.2 Å². The van der Waals surface area contributed by atoms with E-state index in [9.17, 15) is 9.59 Å². The van der Waals surface area contributed by atoms with Gasteiger partial charge in [-0.3, -0.25) is 9.59 Å². The lowest BCUT2D eigenvalue weighted by Gasteiger charge is -2.13. The highest BCUT2D eigenvalue weighted by Gasteiger charge is 2.16. The molecule has 1 heterocycles. The van der Waals surface area contributed by atoms with E-state index in [0.29, 0.717) is 30.8 Å². The van der Waals surface area contributed by atoms with Gasteiger partial charge >= 0.3 is 0 Å². The Morgan fingerprint density at radius 1 is 1.00 bits per heavy atom. The molecular weight excluding hydrogens is 396 g/mol. The quantitative estimate of drug-likeness (QED) is 0.613. The average Bonchev–Trinajstić information content (AvgIpc) is 2.97. The van der Waals surface area contributed by atoms with Crippen LogP contribution in [0.1, 0.15) is 27.9 Å². The monoisotopic (exact) mass is 418 g/mol. The first-order valence-corrected chi connectivity index (χ1v) is 10.8. The van der Waals surface area contributed by atoms with Crippen molar-refractivity contribution in [1.82, 2.24) is 5.32 Å². The van der Waals surface area contributed by atoms with Crippen LogP contribution in [0.3, 0.4) is 0 Å². The Bertz CT molecular complexity index is 1050. The first-order chi connectivity index (χ1) is 14.7. The van der Waals surface area contributed by atoms with Crippen LogP contribution in [0, 0.1) is 0 Å². The molecule has 0 unspecified atom stereocenters. The molecular formula is C24H22N2O3S. The van der Waals surface area contributed by atoms with Crippen molar-refractivity contribution in [1.29, 1.82) is 0 Å². The fourth-order valence-electron chi connectivity index (χ4n) is 3.19. The predicted molar refractivity (Wildman–Crippen MR) is 119 cm³/mol. The van der Waals surface area contributed by atoms with E-state index >= 15 is 0 Å². The summed E-state index contributed by atoms with van der Waals surface area (Å²) in [6.45, 7) is 0.823. The number of para-hydroxylation sites is 1. The molecule has 6 heteroatoms. The molecule has 0 radical (unpaired) electrons. The summed E-state index contributed by atoms with van der Waals surface area (Å²) in [4.78, 5) is 25.5. The number of anilines is 1. The van der Waals surface area contributed by atoms with Gasteiger partial charge in [0.1, 0.15) is 12.4 Å². The van der Waals surface area contributed by atoms with Crippen LogP contribution in [-0.2, 0) is 17.9 Å². The lowest BCUT2D eigenvalue weighted by Crippen LogP contribution is -2.24. The van der Waals surface area contributed by atoms with Gasteiger partial charge in [0.05, 0.1) is 5.69 Å². The second-order valence-corrected chi connectivity index (χ2v) is 8.05. The number of thioether (sulfide) groups is 1. The zero-order chi connectivity index (χ0) is 20.8. The number of benzene rings is 3. The summed E-state index contributed by atoms with van der Waals surface area (Å²) in [5.41, 5.74) is 3.24. The third-order valence-electron chi connectivity index (χ3n) is 4.80. The Kier molecular flexibility index (Phi) is 6.35. The molecule has 1 aliphatic heterocycles. The summed E-state index contributed by atoms with van der Waals surface area (Å²) in [6, 6.07) is 23.0. The van der Waals surface area contributed by atoms with Crippen LogP contribution >= 0.6 is 11.8 Å². The zero-order valence-electron chi connectivity index (χ0n) is 16.4. The molecule has 0 fully saturated rings. The van der Waals surface area contributed by atoms with Crippen molar-refractivity contribution in [3.8, 4) is 5.75 Å². The van der Waals surface area contributed by atoms with E-state index in [1.165, 1.54) is 0 Å². The first-order valence-electron chi connectivity index (χ1n) is 9.78. The molecule has 0 aliphatic carbocycles. The summed E-state index contributed by atoms with van der Waals surface area (Å²) in [7, 11) is 0. The van der Waals surface area contributed by atoms with Crippen LogP contribution in [-0.4, -0.2) is 17.6 Å². The molecule has 0 aromatic heterocycles. The third-order valence-corrected chi connectivity index (χ3v) is 5.87. The normalized spacial score (nSPS) is 13.0. The molecule has 30 heavy (non-hydrogen) atoms. The van der Waals surface area contributed by atoms with E-state index < -0.39 is 0 Å². The number of hydrogen-bond donors (Lipinski definition) is 2. The van der Waals surface area contributed by atoms with Gasteiger partial charge in [-0.15, -0.1) is 11.8 Å². The lowest BCUT2D eigenvalue weighted by atomic mass is 10.1. The second kappa shape index (κ2) is 9.50. The minimum atomic E-state index is -0.180. The van der Waals surface area contributed by atoms with E-state index in [0.717, 1.165) is 27.5 Å². The molecule has 1 aliphatic rings. The molecule has 2 N–H and O–H groups in total. The Morgan fingerprint density at radius 2 is 1.77 bits per heavy atom. The highest BCUT2D eigenvalue weighted by molar-refractivity contribution is 7.99. The third kappa shape index (κ3) is 5.02. The molecule has 3 aromatic carbocycles. The minimum absolute atomic E-state index is 0.0221. The van der Waals surface area contributed by atoms with Gasteiger partial charge in [-0.25, -0.2) is 0 Å². The molecule has 0 saturated carbocycles. The van der Waals surface area contributed by atoms with Crippen LogP contribution in [0.2, 0.25) is 0 Å². The van der Waals surface area contributed by atoms with Gasteiger partial charge in [0.15, 0.2) is 0 Å². The smallest absolute Gasteiger partial charge is 0.251 e. The van der Waals surface area contributed by atoms with Crippen molar-refractivity contribution < 1.29 is 14.3 Å². The number of hydrogen-bond acceptors (Lipinski definition) is 4. The maximum atomic E-state index is 12.7.